The number of anilines is 1. The maximum atomic E-state index is 6.35. The van der Waals surface area contributed by atoms with Crippen molar-refractivity contribution in [1.29, 1.82) is 0 Å². The molecule has 0 aliphatic heterocycles. The Balaban J connectivity index is 1.90. The molecule has 2 heterocycles. The highest BCUT2D eigenvalue weighted by molar-refractivity contribution is 9.10. The van der Waals surface area contributed by atoms with Gasteiger partial charge in [-0.25, -0.2) is 9.97 Å². The smallest absolute Gasteiger partial charge is 0.191 e. The molecule has 0 bridgehead atoms. The fraction of sp³-hybridized carbons (Fsp3) is 0.455. The van der Waals surface area contributed by atoms with Crippen molar-refractivity contribution in [2.45, 2.75) is 58.8 Å². The summed E-state index contributed by atoms with van der Waals surface area (Å²) in [6.45, 7) is 15.0. The van der Waals surface area contributed by atoms with Crippen LogP contribution in [0.5, 0.6) is 0 Å². The summed E-state index contributed by atoms with van der Waals surface area (Å²) in [5, 5.41) is 1.11. The number of hydrogen-bond acceptors (Lipinski definition) is 4. The Bertz CT molecular complexity index is 1010. The number of aryl methyl sites for hydroxylation is 2. The molecule has 0 spiro atoms. The van der Waals surface area contributed by atoms with Gasteiger partial charge in [-0.15, -0.1) is 0 Å². The molecule has 2 aromatic heterocycles. The normalized spacial score (nSPS) is 12.7. The molecule has 2 N–H and O–H groups in total. The number of aromatic nitrogens is 3. The average Bonchev–Trinajstić information content (AvgIpc) is 2.92. The van der Waals surface area contributed by atoms with Crippen LogP contribution >= 0.6 is 15.9 Å². The zero-order valence-electron chi connectivity index (χ0n) is 18.2. The van der Waals surface area contributed by atoms with E-state index in [1.54, 1.807) is 0 Å². The molecule has 156 valence electrons. The van der Waals surface area contributed by atoms with Gasteiger partial charge < -0.3 is 14.7 Å². The Kier molecular flexibility index (Phi) is 6.22. The van der Waals surface area contributed by atoms with Crippen LogP contribution in [0.4, 0.5) is 5.82 Å². The maximum Gasteiger partial charge on any atom is 0.191 e. The van der Waals surface area contributed by atoms with Gasteiger partial charge in [0.25, 0.3) is 0 Å². The largest absolute Gasteiger partial charge is 0.417 e. The lowest BCUT2D eigenvalue weighted by atomic mass is 10.0. The van der Waals surface area contributed by atoms with E-state index in [9.17, 15) is 0 Å². The number of fused-ring (bicyclic) bond motifs is 1. The number of rotatable bonds is 6. The van der Waals surface area contributed by atoms with Crippen molar-refractivity contribution in [1.82, 2.24) is 14.5 Å². The van der Waals surface area contributed by atoms with E-state index in [-0.39, 0.29) is 5.04 Å². The molecular formula is C22H31BrN4OSi. The first kappa shape index (κ1) is 22.0. The first-order chi connectivity index (χ1) is 13.5. The lowest BCUT2D eigenvalue weighted by molar-refractivity contribution is 0.275. The zero-order valence-corrected chi connectivity index (χ0v) is 20.8. The highest BCUT2D eigenvalue weighted by Gasteiger charge is 2.36. The second-order valence-corrected chi connectivity index (χ2v) is 14.7. The number of nitrogens with zero attached hydrogens (tertiary/aromatic N) is 3. The molecule has 0 atom stereocenters. The summed E-state index contributed by atoms with van der Waals surface area (Å²) < 4.78 is 9.51. The van der Waals surface area contributed by atoms with Gasteiger partial charge >= 0.3 is 0 Å². The third-order valence-electron chi connectivity index (χ3n) is 5.94. The highest BCUT2D eigenvalue weighted by Crippen LogP contribution is 2.40. The second kappa shape index (κ2) is 8.20. The molecule has 0 amide bonds. The molecule has 0 unspecified atom stereocenters. The van der Waals surface area contributed by atoms with Gasteiger partial charge in [0.15, 0.2) is 8.32 Å². The van der Waals surface area contributed by atoms with Crippen LogP contribution in [0.3, 0.4) is 0 Å². The predicted molar refractivity (Wildman–Crippen MR) is 128 cm³/mol. The molecule has 29 heavy (non-hydrogen) atoms. The summed E-state index contributed by atoms with van der Waals surface area (Å²) in [4.78, 5) is 8.78. The topological polar surface area (TPSA) is 66.0 Å². The molecule has 5 nitrogen and oxygen atoms in total. The van der Waals surface area contributed by atoms with Gasteiger partial charge in [-0.3, -0.25) is 0 Å². The molecular weight excluding hydrogens is 444 g/mol. The number of nitrogen functional groups attached to an aromatic ring is 1. The number of hydrogen-bond donors (Lipinski definition) is 1. The Labute approximate surface area is 183 Å². The van der Waals surface area contributed by atoms with Crippen LogP contribution in [0.25, 0.3) is 22.2 Å². The third-order valence-corrected chi connectivity index (χ3v) is 11.3. The third kappa shape index (κ3) is 4.42. The van der Waals surface area contributed by atoms with Crippen molar-refractivity contribution in [3.8, 4) is 11.1 Å². The van der Waals surface area contributed by atoms with Crippen molar-refractivity contribution in [2.24, 2.45) is 0 Å². The van der Waals surface area contributed by atoms with Gasteiger partial charge in [0.1, 0.15) is 17.8 Å². The number of halogens is 1. The summed E-state index contributed by atoms with van der Waals surface area (Å²) in [6, 6.07) is 8.45. The Hall–Kier alpha value is -1.70. The van der Waals surface area contributed by atoms with Crippen LogP contribution in [0.1, 0.15) is 32.8 Å². The second-order valence-electron chi connectivity index (χ2n) is 9.10. The summed E-state index contributed by atoms with van der Waals surface area (Å²) in [5.41, 5.74) is 10.5. The van der Waals surface area contributed by atoms with Crippen molar-refractivity contribution in [3.63, 3.8) is 0 Å². The van der Waals surface area contributed by atoms with Gasteiger partial charge in [-0.1, -0.05) is 50.6 Å². The van der Waals surface area contributed by atoms with Crippen LogP contribution in [0.15, 0.2) is 35.2 Å². The lowest BCUT2D eigenvalue weighted by Crippen LogP contribution is -2.41. The SMILES string of the molecule is Cc1ccc(-c2c(Br)n(CCCO[Si](C)(C)C(C)(C)C)c3ncnc(N)c23)cc1. The van der Waals surface area contributed by atoms with Crippen LogP contribution in [0, 0.1) is 6.92 Å². The molecule has 0 radical (unpaired) electrons. The molecule has 0 saturated carbocycles. The van der Waals surface area contributed by atoms with Gasteiger partial charge in [-0.2, -0.15) is 0 Å². The minimum atomic E-state index is -1.74. The molecule has 1 aromatic carbocycles. The van der Waals surface area contributed by atoms with E-state index in [1.807, 2.05) is 0 Å². The van der Waals surface area contributed by atoms with E-state index in [1.165, 1.54) is 11.9 Å². The van der Waals surface area contributed by atoms with Crippen LogP contribution < -0.4 is 5.73 Å². The van der Waals surface area contributed by atoms with Crippen molar-refractivity contribution < 1.29 is 4.43 Å². The molecule has 3 aromatic rings. The van der Waals surface area contributed by atoms with Crippen LogP contribution in [0.2, 0.25) is 18.1 Å². The van der Waals surface area contributed by atoms with E-state index >= 15 is 0 Å². The van der Waals surface area contributed by atoms with Gasteiger partial charge in [-0.05, 0) is 53.0 Å². The Morgan fingerprint density at radius 2 is 1.79 bits per heavy atom. The van der Waals surface area contributed by atoms with E-state index in [0.29, 0.717) is 5.82 Å². The van der Waals surface area contributed by atoms with E-state index in [2.05, 4.69) is 95.5 Å². The Morgan fingerprint density at radius 1 is 1.14 bits per heavy atom. The Morgan fingerprint density at radius 3 is 2.41 bits per heavy atom. The quantitative estimate of drug-likeness (QED) is 0.342. The summed E-state index contributed by atoms with van der Waals surface area (Å²) in [7, 11) is -1.74. The summed E-state index contributed by atoms with van der Waals surface area (Å²) in [5.74, 6) is 0.502. The maximum absolute atomic E-state index is 6.35. The molecule has 7 heteroatoms. The van der Waals surface area contributed by atoms with E-state index < -0.39 is 8.32 Å². The number of nitrogens with two attached hydrogens (primary N) is 1. The average molecular weight is 476 g/mol. The molecule has 0 fully saturated rings. The predicted octanol–water partition coefficient (Wildman–Crippen LogP) is 6.16. The molecule has 0 aliphatic rings. The molecule has 0 aliphatic carbocycles. The monoisotopic (exact) mass is 474 g/mol. The van der Waals surface area contributed by atoms with Crippen molar-refractivity contribution >= 4 is 41.1 Å². The zero-order chi connectivity index (χ0) is 21.4. The van der Waals surface area contributed by atoms with Crippen LogP contribution in [-0.2, 0) is 11.0 Å². The number of benzene rings is 1. The standard InChI is InChI=1S/C22H31BrN4OSi/c1-15-8-10-16(11-9-15)17-18-20(24)25-14-26-21(18)27(19(17)23)12-7-13-28-29(5,6)22(2,3)4/h8-11,14H,7,12-13H2,1-6H3,(H2,24,25,26). The van der Waals surface area contributed by atoms with E-state index in [4.69, 9.17) is 10.2 Å². The van der Waals surface area contributed by atoms with Gasteiger partial charge in [0.2, 0.25) is 0 Å². The first-order valence-electron chi connectivity index (χ1n) is 10.0. The first-order valence-corrected chi connectivity index (χ1v) is 13.7. The fourth-order valence-corrected chi connectivity index (χ4v) is 4.98. The highest BCUT2D eigenvalue weighted by atomic mass is 79.9. The minimum Gasteiger partial charge on any atom is -0.417 e. The summed E-state index contributed by atoms with van der Waals surface area (Å²) in [6.07, 6.45) is 2.44. The molecule has 0 saturated heterocycles. The summed E-state index contributed by atoms with van der Waals surface area (Å²) >= 11 is 3.81. The van der Waals surface area contributed by atoms with Crippen LogP contribution in [-0.4, -0.2) is 29.5 Å². The van der Waals surface area contributed by atoms with Gasteiger partial charge in [0, 0.05) is 18.7 Å². The minimum absolute atomic E-state index is 0.216. The van der Waals surface area contributed by atoms with Gasteiger partial charge in [0.05, 0.1) is 9.99 Å². The van der Waals surface area contributed by atoms with Crippen molar-refractivity contribution in [3.05, 3.63) is 40.8 Å². The fourth-order valence-electron chi connectivity index (χ4n) is 3.12. The van der Waals surface area contributed by atoms with E-state index in [0.717, 1.165) is 46.3 Å². The van der Waals surface area contributed by atoms with Crippen molar-refractivity contribution in [2.75, 3.05) is 12.3 Å². The molecule has 3 rings (SSSR count). The lowest BCUT2D eigenvalue weighted by Gasteiger charge is -2.36.